The molecule has 1 heterocycles. The molecule has 0 bridgehead atoms. The first kappa shape index (κ1) is 9.86. The standard InChI is InChI=1S/C8H16N2OS/c1-6-5-10(3-4-12-6)8(11)7(2)9/h6-7H,3-5,9H2,1-2H3. The summed E-state index contributed by atoms with van der Waals surface area (Å²) in [5.74, 6) is 1.13. The average molecular weight is 188 g/mol. The van der Waals surface area contributed by atoms with E-state index in [0.717, 1.165) is 18.8 Å². The van der Waals surface area contributed by atoms with Crippen LogP contribution >= 0.6 is 11.8 Å². The van der Waals surface area contributed by atoms with E-state index < -0.39 is 0 Å². The van der Waals surface area contributed by atoms with E-state index in [1.807, 2.05) is 16.7 Å². The highest BCUT2D eigenvalue weighted by molar-refractivity contribution is 7.99. The van der Waals surface area contributed by atoms with Gasteiger partial charge < -0.3 is 10.6 Å². The van der Waals surface area contributed by atoms with Gasteiger partial charge in [0, 0.05) is 24.1 Å². The van der Waals surface area contributed by atoms with E-state index in [1.165, 1.54) is 0 Å². The van der Waals surface area contributed by atoms with Crippen molar-refractivity contribution in [3.05, 3.63) is 0 Å². The van der Waals surface area contributed by atoms with Gasteiger partial charge in [-0.25, -0.2) is 0 Å². The van der Waals surface area contributed by atoms with Gasteiger partial charge in [0.15, 0.2) is 0 Å². The van der Waals surface area contributed by atoms with E-state index in [9.17, 15) is 4.79 Å². The Morgan fingerprint density at radius 2 is 2.42 bits per heavy atom. The number of hydrogen-bond acceptors (Lipinski definition) is 3. The molecular weight excluding hydrogens is 172 g/mol. The van der Waals surface area contributed by atoms with Crippen molar-refractivity contribution in [1.82, 2.24) is 4.90 Å². The molecule has 0 aromatic heterocycles. The van der Waals surface area contributed by atoms with Gasteiger partial charge in [0.25, 0.3) is 0 Å². The lowest BCUT2D eigenvalue weighted by Gasteiger charge is -2.31. The molecule has 1 rings (SSSR count). The fourth-order valence-corrected chi connectivity index (χ4v) is 2.32. The molecule has 1 aliphatic heterocycles. The molecule has 3 nitrogen and oxygen atoms in total. The summed E-state index contributed by atoms with van der Waals surface area (Å²) in [7, 11) is 0. The molecule has 0 aromatic carbocycles. The topological polar surface area (TPSA) is 46.3 Å². The molecule has 4 heteroatoms. The lowest BCUT2D eigenvalue weighted by Crippen LogP contribution is -2.47. The Balaban J connectivity index is 2.46. The number of carbonyl (C=O) groups is 1. The third-order valence-electron chi connectivity index (χ3n) is 1.94. The average Bonchev–Trinajstić information content (AvgIpc) is 2.03. The van der Waals surface area contributed by atoms with Crippen molar-refractivity contribution in [2.24, 2.45) is 5.73 Å². The number of rotatable bonds is 1. The van der Waals surface area contributed by atoms with Crippen LogP contribution in [0, 0.1) is 0 Å². The van der Waals surface area contributed by atoms with Gasteiger partial charge in [0.05, 0.1) is 6.04 Å². The molecule has 70 valence electrons. The Hall–Kier alpha value is -0.220. The second kappa shape index (κ2) is 4.14. The summed E-state index contributed by atoms with van der Waals surface area (Å²) in [6.45, 7) is 5.60. The minimum Gasteiger partial charge on any atom is -0.339 e. The molecule has 2 N–H and O–H groups in total. The molecule has 0 aromatic rings. The summed E-state index contributed by atoms with van der Waals surface area (Å²) in [6.07, 6.45) is 0. The van der Waals surface area contributed by atoms with Crippen LogP contribution in [0.5, 0.6) is 0 Å². The van der Waals surface area contributed by atoms with E-state index in [2.05, 4.69) is 6.92 Å². The molecule has 0 aliphatic carbocycles. The van der Waals surface area contributed by atoms with Crippen LogP contribution in [0.25, 0.3) is 0 Å². The van der Waals surface area contributed by atoms with Gasteiger partial charge in [-0.15, -0.1) is 0 Å². The highest BCUT2D eigenvalue weighted by atomic mass is 32.2. The van der Waals surface area contributed by atoms with Crippen molar-refractivity contribution in [3.63, 3.8) is 0 Å². The lowest BCUT2D eigenvalue weighted by molar-refractivity contribution is -0.132. The van der Waals surface area contributed by atoms with Crippen LogP contribution in [-0.4, -0.2) is 40.9 Å². The second-order valence-electron chi connectivity index (χ2n) is 3.25. The molecule has 1 fully saturated rings. The zero-order chi connectivity index (χ0) is 9.14. The van der Waals surface area contributed by atoms with Crippen molar-refractivity contribution in [2.45, 2.75) is 25.1 Å². The molecule has 0 spiro atoms. The van der Waals surface area contributed by atoms with Crippen LogP contribution in [0.1, 0.15) is 13.8 Å². The molecular formula is C8H16N2OS. The van der Waals surface area contributed by atoms with Gasteiger partial charge in [-0.3, -0.25) is 4.79 Å². The van der Waals surface area contributed by atoms with Gasteiger partial charge in [-0.2, -0.15) is 11.8 Å². The van der Waals surface area contributed by atoms with Gasteiger partial charge in [0.1, 0.15) is 0 Å². The number of nitrogens with two attached hydrogens (primary N) is 1. The first-order valence-corrected chi connectivity index (χ1v) is 5.32. The maximum Gasteiger partial charge on any atom is 0.239 e. The highest BCUT2D eigenvalue weighted by Gasteiger charge is 2.22. The summed E-state index contributed by atoms with van der Waals surface area (Å²) in [6, 6.07) is -0.347. The SMILES string of the molecule is CC1CN(C(=O)C(C)N)CCS1. The second-order valence-corrected chi connectivity index (χ2v) is 4.80. The van der Waals surface area contributed by atoms with Crippen molar-refractivity contribution in [1.29, 1.82) is 0 Å². The Morgan fingerprint density at radius 3 is 2.92 bits per heavy atom. The number of amides is 1. The van der Waals surface area contributed by atoms with Crippen LogP contribution in [-0.2, 0) is 4.79 Å². The lowest BCUT2D eigenvalue weighted by atomic mass is 10.3. The van der Waals surface area contributed by atoms with Gasteiger partial charge >= 0.3 is 0 Å². The Bertz CT molecular complexity index is 172. The number of hydrogen-bond donors (Lipinski definition) is 1. The molecule has 1 amide bonds. The van der Waals surface area contributed by atoms with E-state index in [-0.39, 0.29) is 11.9 Å². The summed E-state index contributed by atoms with van der Waals surface area (Å²) in [5, 5.41) is 0.557. The predicted molar refractivity (Wildman–Crippen MR) is 52.1 cm³/mol. The zero-order valence-electron chi connectivity index (χ0n) is 7.62. The molecule has 1 saturated heterocycles. The first-order chi connectivity index (χ1) is 5.61. The molecule has 12 heavy (non-hydrogen) atoms. The fourth-order valence-electron chi connectivity index (χ4n) is 1.31. The largest absolute Gasteiger partial charge is 0.339 e. The van der Waals surface area contributed by atoms with Gasteiger partial charge in [-0.05, 0) is 6.92 Å². The molecule has 0 radical (unpaired) electrons. The maximum atomic E-state index is 11.4. The Labute approximate surface area is 77.7 Å². The molecule has 1 aliphatic rings. The third kappa shape index (κ3) is 2.38. The number of carbonyl (C=O) groups excluding carboxylic acids is 1. The van der Waals surface area contributed by atoms with Gasteiger partial charge in [-0.1, -0.05) is 6.92 Å². The number of thioether (sulfide) groups is 1. The van der Waals surface area contributed by atoms with Crippen molar-refractivity contribution >= 4 is 17.7 Å². The zero-order valence-corrected chi connectivity index (χ0v) is 8.43. The van der Waals surface area contributed by atoms with E-state index >= 15 is 0 Å². The van der Waals surface area contributed by atoms with Crippen LogP contribution in [0.15, 0.2) is 0 Å². The maximum absolute atomic E-state index is 11.4. The van der Waals surface area contributed by atoms with Crippen molar-refractivity contribution in [2.75, 3.05) is 18.8 Å². The predicted octanol–water partition coefficient (Wildman–Crippen LogP) is 0.297. The third-order valence-corrected chi connectivity index (χ3v) is 3.08. The van der Waals surface area contributed by atoms with E-state index in [1.54, 1.807) is 6.92 Å². The van der Waals surface area contributed by atoms with Gasteiger partial charge in [0.2, 0.25) is 5.91 Å². The minimum atomic E-state index is -0.347. The van der Waals surface area contributed by atoms with Crippen LogP contribution in [0.2, 0.25) is 0 Å². The molecule has 0 saturated carbocycles. The molecule has 2 atom stereocenters. The summed E-state index contributed by atoms with van der Waals surface area (Å²) < 4.78 is 0. The van der Waals surface area contributed by atoms with E-state index in [0.29, 0.717) is 5.25 Å². The van der Waals surface area contributed by atoms with Crippen molar-refractivity contribution < 1.29 is 4.79 Å². The normalized spacial score (nSPS) is 26.9. The van der Waals surface area contributed by atoms with Crippen LogP contribution in [0.3, 0.4) is 0 Å². The summed E-state index contributed by atoms with van der Waals surface area (Å²) in [4.78, 5) is 13.3. The monoisotopic (exact) mass is 188 g/mol. The summed E-state index contributed by atoms with van der Waals surface area (Å²) >= 11 is 1.92. The quantitative estimate of drug-likeness (QED) is 0.643. The Morgan fingerprint density at radius 1 is 1.75 bits per heavy atom. The summed E-state index contributed by atoms with van der Waals surface area (Å²) in [5.41, 5.74) is 5.51. The smallest absolute Gasteiger partial charge is 0.239 e. The van der Waals surface area contributed by atoms with Crippen LogP contribution < -0.4 is 5.73 Å². The molecule has 2 unspecified atom stereocenters. The van der Waals surface area contributed by atoms with Crippen LogP contribution in [0.4, 0.5) is 0 Å². The van der Waals surface area contributed by atoms with Crippen molar-refractivity contribution in [3.8, 4) is 0 Å². The fraction of sp³-hybridized carbons (Fsp3) is 0.875. The highest BCUT2D eigenvalue weighted by Crippen LogP contribution is 2.17. The minimum absolute atomic E-state index is 0.0853. The number of nitrogens with zero attached hydrogens (tertiary/aromatic N) is 1. The Kier molecular flexibility index (Phi) is 3.40. The van der Waals surface area contributed by atoms with E-state index in [4.69, 9.17) is 5.73 Å². The first-order valence-electron chi connectivity index (χ1n) is 4.27.